The maximum atomic E-state index is 11.4. The number of esters is 1. The van der Waals surface area contributed by atoms with E-state index in [0.717, 1.165) is 36.8 Å². The summed E-state index contributed by atoms with van der Waals surface area (Å²) >= 11 is 0. The van der Waals surface area contributed by atoms with Crippen molar-refractivity contribution >= 4 is 11.7 Å². The maximum absolute atomic E-state index is 11.4. The van der Waals surface area contributed by atoms with Gasteiger partial charge in [0.2, 0.25) is 0 Å². The molecule has 0 unspecified atom stereocenters. The average Bonchev–Trinajstić information content (AvgIpc) is 2.98. The summed E-state index contributed by atoms with van der Waals surface area (Å²) in [5, 5.41) is 12.9. The Hall–Kier alpha value is -1.32. The zero-order valence-corrected chi connectivity index (χ0v) is 17.3. The monoisotopic (exact) mass is 373 g/mol. The molecule has 1 N–H and O–H groups in total. The van der Waals surface area contributed by atoms with Crippen molar-refractivity contribution in [2.24, 2.45) is 39.7 Å². The molecule has 4 aliphatic rings. The standard InChI is InChI=1S/C23H35NO3/c1-14(24-26)19-7-8-20-18-6-5-16-13-17(27-15(2)25)9-11-22(16,3)21(18)10-12-23(19,20)4/h7,16-18,20-21,26H,5-6,8-13H2,1-4H3/b24-14-/t16-,17-,18+,20+,21-,22-,23+/m0/s1. The molecule has 3 fully saturated rings. The van der Waals surface area contributed by atoms with Crippen LogP contribution in [0.3, 0.4) is 0 Å². The van der Waals surface area contributed by atoms with Crippen molar-refractivity contribution in [3.8, 4) is 0 Å². The molecule has 0 amide bonds. The molecular weight excluding hydrogens is 338 g/mol. The Morgan fingerprint density at radius 3 is 2.63 bits per heavy atom. The van der Waals surface area contributed by atoms with E-state index in [1.165, 1.54) is 44.6 Å². The van der Waals surface area contributed by atoms with Crippen molar-refractivity contribution in [1.29, 1.82) is 0 Å². The van der Waals surface area contributed by atoms with Crippen LogP contribution < -0.4 is 0 Å². The van der Waals surface area contributed by atoms with Gasteiger partial charge in [-0.25, -0.2) is 0 Å². The van der Waals surface area contributed by atoms with Gasteiger partial charge in [0.25, 0.3) is 0 Å². The van der Waals surface area contributed by atoms with E-state index in [-0.39, 0.29) is 17.5 Å². The van der Waals surface area contributed by atoms with Gasteiger partial charge in [-0.05, 0) is 98.4 Å². The summed E-state index contributed by atoms with van der Waals surface area (Å²) in [7, 11) is 0. The van der Waals surface area contributed by atoms with Crippen LogP contribution in [0.4, 0.5) is 0 Å². The highest BCUT2D eigenvalue weighted by atomic mass is 16.5. The zero-order valence-electron chi connectivity index (χ0n) is 17.3. The van der Waals surface area contributed by atoms with Gasteiger partial charge < -0.3 is 9.94 Å². The van der Waals surface area contributed by atoms with Crippen LogP contribution in [0.25, 0.3) is 0 Å². The Morgan fingerprint density at radius 1 is 1.15 bits per heavy atom. The number of carbonyl (C=O) groups is 1. The minimum absolute atomic E-state index is 0.129. The number of fused-ring (bicyclic) bond motifs is 5. The summed E-state index contributed by atoms with van der Waals surface area (Å²) in [5.74, 6) is 2.81. The molecule has 3 saturated carbocycles. The number of hydrogen-bond acceptors (Lipinski definition) is 4. The lowest BCUT2D eigenvalue weighted by Crippen LogP contribution is -2.54. The first-order chi connectivity index (χ1) is 12.8. The lowest BCUT2D eigenvalue weighted by Gasteiger charge is -2.60. The lowest BCUT2D eigenvalue weighted by molar-refractivity contribution is -0.158. The van der Waals surface area contributed by atoms with Crippen LogP contribution in [-0.2, 0) is 9.53 Å². The van der Waals surface area contributed by atoms with Gasteiger partial charge in [0.15, 0.2) is 0 Å². The van der Waals surface area contributed by atoms with Crippen molar-refractivity contribution < 1.29 is 14.7 Å². The van der Waals surface area contributed by atoms with Crippen LogP contribution in [0, 0.1) is 34.5 Å². The molecule has 0 aromatic carbocycles. The summed E-state index contributed by atoms with van der Waals surface area (Å²) in [5.41, 5.74) is 2.67. The van der Waals surface area contributed by atoms with Crippen LogP contribution in [0.2, 0.25) is 0 Å². The van der Waals surface area contributed by atoms with Crippen molar-refractivity contribution in [3.63, 3.8) is 0 Å². The molecule has 7 atom stereocenters. The van der Waals surface area contributed by atoms with Gasteiger partial charge in [-0.1, -0.05) is 25.1 Å². The summed E-state index contributed by atoms with van der Waals surface area (Å²) in [6, 6.07) is 0. The van der Waals surface area contributed by atoms with Crippen LogP contribution in [0.15, 0.2) is 16.8 Å². The molecule has 4 aliphatic carbocycles. The lowest BCUT2D eigenvalue weighted by atomic mass is 9.44. The van der Waals surface area contributed by atoms with Crippen LogP contribution in [0.5, 0.6) is 0 Å². The van der Waals surface area contributed by atoms with Gasteiger partial charge in [0, 0.05) is 6.92 Å². The Kier molecular flexibility index (Phi) is 4.67. The second kappa shape index (κ2) is 6.63. The van der Waals surface area contributed by atoms with Gasteiger partial charge in [0.1, 0.15) is 6.10 Å². The Bertz CT molecular complexity index is 683. The number of nitrogens with zero attached hydrogens (tertiary/aromatic N) is 1. The molecule has 4 nitrogen and oxygen atoms in total. The SMILES string of the molecule is CC(=O)O[C@H]1CC[C@@]2(C)[C@@H](CC[C@@H]3[C@H]4CC=C(/C(C)=N\O)[C@@]4(C)CC[C@@H]32)C1. The first-order valence-electron chi connectivity index (χ1n) is 10.9. The third-order valence-electron chi connectivity index (χ3n) is 9.07. The van der Waals surface area contributed by atoms with Crippen molar-refractivity contribution in [2.75, 3.05) is 0 Å². The second-order valence-corrected chi connectivity index (χ2v) is 10.2. The minimum Gasteiger partial charge on any atom is -0.463 e. The summed E-state index contributed by atoms with van der Waals surface area (Å²) < 4.78 is 5.58. The maximum Gasteiger partial charge on any atom is 0.302 e. The van der Waals surface area contributed by atoms with E-state index in [1.807, 2.05) is 6.92 Å². The molecule has 0 spiro atoms. The molecule has 0 aromatic heterocycles. The fraction of sp³-hybridized carbons (Fsp3) is 0.826. The quantitative estimate of drug-likeness (QED) is 0.307. The van der Waals surface area contributed by atoms with E-state index in [4.69, 9.17) is 4.74 Å². The first kappa shape index (κ1) is 19.0. The molecule has 150 valence electrons. The first-order valence-corrected chi connectivity index (χ1v) is 10.9. The normalized spacial score (nSPS) is 46.7. The smallest absolute Gasteiger partial charge is 0.302 e. The average molecular weight is 374 g/mol. The Morgan fingerprint density at radius 2 is 1.93 bits per heavy atom. The van der Waals surface area contributed by atoms with Gasteiger partial charge in [-0.2, -0.15) is 0 Å². The molecule has 0 aromatic rings. The van der Waals surface area contributed by atoms with Crippen LogP contribution in [0.1, 0.15) is 79.1 Å². The molecule has 0 saturated heterocycles. The molecule has 0 heterocycles. The predicted molar refractivity (Wildman–Crippen MR) is 106 cm³/mol. The number of rotatable bonds is 2. The van der Waals surface area contributed by atoms with Crippen molar-refractivity contribution in [3.05, 3.63) is 11.6 Å². The van der Waals surface area contributed by atoms with E-state index in [2.05, 4.69) is 25.1 Å². The van der Waals surface area contributed by atoms with E-state index in [0.29, 0.717) is 17.3 Å². The molecule has 4 rings (SSSR count). The van der Waals surface area contributed by atoms with Crippen molar-refractivity contribution in [2.45, 2.75) is 85.2 Å². The largest absolute Gasteiger partial charge is 0.463 e. The number of allylic oxidation sites excluding steroid dienone is 2. The fourth-order valence-corrected chi connectivity index (χ4v) is 7.74. The number of oxime groups is 1. The third kappa shape index (κ3) is 2.86. The number of ether oxygens (including phenoxy) is 1. The van der Waals surface area contributed by atoms with E-state index in [9.17, 15) is 10.0 Å². The minimum atomic E-state index is -0.129. The molecular formula is C23H35NO3. The van der Waals surface area contributed by atoms with Gasteiger partial charge >= 0.3 is 5.97 Å². The topological polar surface area (TPSA) is 58.9 Å². The molecule has 4 heteroatoms. The van der Waals surface area contributed by atoms with E-state index in [1.54, 1.807) is 0 Å². The summed E-state index contributed by atoms with van der Waals surface area (Å²) in [6.07, 6.45) is 11.9. The van der Waals surface area contributed by atoms with Gasteiger partial charge in [-0.15, -0.1) is 0 Å². The summed E-state index contributed by atoms with van der Waals surface area (Å²) in [6.45, 7) is 8.42. The molecule has 27 heavy (non-hydrogen) atoms. The van der Waals surface area contributed by atoms with E-state index < -0.39 is 0 Å². The number of hydrogen-bond donors (Lipinski definition) is 1. The van der Waals surface area contributed by atoms with E-state index >= 15 is 0 Å². The van der Waals surface area contributed by atoms with Crippen LogP contribution >= 0.6 is 0 Å². The zero-order chi connectivity index (χ0) is 19.4. The highest BCUT2D eigenvalue weighted by Crippen LogP contribution is 2.66. The second-order valence-electron chi connectivity index (χ2n) is 10.2. The van der Waals surface area contributed by atoms with Crippen molar-refractivity contribution in [1.82, 2.24) is 0 Å². The third-order valence-corrected chi connectivity index (χ3v) is 9.07. The molecule has 0 radical (unpaired) electrons. The molecule has 0 aliphatic heterocycles. The highest BCUT2D eigenvalue weighted by molar-refractivity contribution is 5.99. The summed E-state index contributed by atoms with van der Waals surface area (Å²) in [4.78, 5) is 11.4. The van der Waals surface area contributed by atoms with Gasteiger partial charge in [-0.3, -0.25) is 4.79 Å². The Labute approximate surface area is 163 Å². The predicted octanol–water partition coefficient (Wildman–Crippen LogP) is 5.35. The Balaban J connectivity index is 1.54. The number of carbonyl (C=O) groups excluding carboxylic acids is 1. The fourth-order valence-electron chi connectivity index (χ4n) is 7.74. The van der Waals surface area contributed by atoms with Gasteiger partial charge in [0.05, 0.1) is 5.71 Å². The molecule has 0 bridgehead atoms. The highest BCUT2D eigenvalue weighted by Gasteiger charge is 2.59. The van der Waals surface area contributed by atoms with Crippen LogP contribution in [-0.4, -0.2) is 23.0 Å².